The molecule has 3 aromatic rings. The summed E-state index contributed by atoms with van der Waals surface area (Å²) in [5.74, 6) is 0.297. The number of pyridine rings is 1. The second kappa shape index (κ2) is 6.24. The lowest BCUT2D eigenvalue weighted by Crippen LogP contribution is -2.29. The summed E-state index contributed by atoms with van der Waals surface area (Å²) in [6.07, 6.45) is 6.57. The highest BCUT2D eigenvalue weighted by molar-refractivity contribution is 7.89. The third kappa shape index (κ3) is 3.05. The van der Waals surface area contributed by atoms with E-state index in [4.69, 9.17) is 0 Å². The first-order valence-corrected chi connectivity index (χ1v) is 9.79. The summed E-state index contributed by atoms with van der Waals surface area (Å²) < 4.78 is 28.6. The molecule has 1 fully saturated rings. The maximum absolute atomic E-state index is 12.7. The number of hydrogen-bond acceptors (Lipinski definition) is 4. The fourth-order valence-corrected chi connectivity index (χ4v) is 4.98. The van der Waals surface area contributed by atoms with Crippen LogP contribution in [0, 0.1) is 5.92 Å². The summed E-state index contributed by atoms with van der Waals surface area (Å²) in [7, 11) is -1.73. The van der Waals surface area contributed by atoms with E-state index in [9.17, 15) is 8.42 Å². The predicted molar refractivity (Wildman–Crippen MR) is 95.5 cm³/mol. The van der Waals surface area contributed by atoms with Crippen molar-refractivity contribution < 1.29 is 8.42 Å². The second-order valence-corrected chi connectivity index (χ2v) is 8.48. The van der Waals surface area contributed by atoms with E-state index < -0.39 is 10.0 Å². The van der Waals surface area contributed by atoms with Gasteiger partial charge >= 0.3 is 0 Å². The Hall–Kier alpha value is -2.25. The minimum Gasteiger partial charge on any atom is -0.339 e. The minimum atomic E-state index is -3.50. The lowest BCUT2D eigenvalue weighted by atomic mass is 9.97. The zero-order valence-corrected chi connectivity index (χ0v) is 14.9. The fraction of sp³-hybridized carbons (Fsp3) is 0.333. The molecule has 0 radical (unpaired) electrons. The van der Waals surface area contributed by atoms with Crippen LogP contribution in [0.3, 0.4) is 0 Å². The van der Waals surface area contributed by atoms with E-state index in [-0.39, 0.29) is 5.03 Å². The number of hydrogen-bond donors (Lipinski definition) is 0. The van der Waals surface area contributed by atoms with Crippen LogP contribution in [0.4, 0.5) is 0 Å². The number of sulfonamides is 1. The molecule has 0 spiro atoms. The van der Waals surface area contributed by atoms with Crippen molar-refractivity contribution in [1.82, 2.24) is 18.8 Å². The number of para-hydroxylation sites is 1. The van der Waals surface area contributed by atoms with Gasteiger partial charge in [-0.25, -0.2) is 13.4 Å². The Morgan fingerprint density at radius 2 is 2.04 bits per heavy atom. The van der Waals surface area contributed by atoms with Crippen LogP contribution < -0.4 is 0 Å². The molecule has 3 heterocycles. The number of benzene rings is 1. The van der Waals surface area contributed by atoms with Gasteiger partial charge in [0.25, 0.3) is 10.0 Å². The molecule has 0 saturated carbocycles. The van der Waals surface area contributed by atoms with Crippen molar-refractivity contribution in [1.29, 1.82) is 0 Å². The average Bonchev–Trinajstić information content (AvgIpc) is 3.25. The van der Waals surface area contributed by atoms with Crippen LogP contribution in [-0.4, -0.2) is 40.3 Å². The molecule has 6 nitrogen and oxygen atoms in total. The summed E-state index contributed by atoms with van der Waals surface area (Å²) >= 11 is 0. The Balaban J connectivity index is 1.53. The highest BCUT2D eigenvalue weighted by Crippen LogP contribution is 2.28. The Bertz CT molecular complexity index is 1010. The van der Waals surface area contributed by atoms with Gasteiger partial charge in [-0.1, -0.05) is 24.3 Å². The van der Waals surface area contributed by atoms with Crippen molar-refractivity contribution in [3.05, 3.63) is 54.6 Å². The molecule has 0 amide bonds. The van der Waals surface area contributed by atoms with Crippen molar-refractivity contribution in [2.75, 3.05) is 13.1 Å². The van der Waals surface area contributed by atoms with Gasteiger partial charge < -0.3 is 4.57 Å². The highest BCUT2D eigenvalue weighted by atomic mass is 32.2. The molecule has 1 aromatic carbocycles. The van der Waals surface area contributed by atoms with Crippen molar-refractivity contribution in [2.45, 2.75) is 17.9 Å². The topological polar surface area (TPSA) is 68.1 Å². The molecule has 0 bridgehead atoms. The van der Waals surface area contributed by atoms with E-state index >= 15 is 0 Å². The largest absolute Gasteiger partial charge is 0.339 e. The predicted octanol–water partition coefficient (Wildman–Crippen LogP) is 2.22. The monoisotopic (exact) mass is 356 g/mol. The third-order valence-corrected chi connectivity index (χ3v) is 6.51. The van der Waals surface area contributed by atoms with E-state index in [0.29, 0.717) is 19.0 Å². The molecule has 7 heteroatoms. The van der Waals surface area contributed by atoms with Gasteiger partial charge in [0.2, 0.25) is 0 Å². The molecule has 1 atom stereocenters. The SMILES string of the molecule is Cn1cnc(S(=O)(=O)N2CCC(Cc3cccc4cccnc34)C2)c1. The minimum absolute atomic E-state index is 0.127. The van der Waals surface area contributed by atoms with Crippen molar-refractivity contribution in [2.24, 2.45) is 13.0 Å². The Morgan fingerprint density at radius 1 is 1.20 bits per heavy atom. The Kier molecular flexibility index (Phi) is 4.05. The molecule has 0 aliphatic carbocycles. The maximum Gasteiger partial charge on any atom is 0.262 e. The smallest absolute Gasteiger partial charge is 0.262 e. The molecule has 2 aromatic heterocycles. The molecule has 1 aliphatic rings. The van der Waals surface area contributed by atoms with Gasteiger partial charge in [-0.05, 0) is 30.4 Å². The summed E-state index contributed by atoms with van der Waals surface area (Å²) in [6.45, 7) is 1.07. The van der Waals surface area contributed by atoms with Crippen LogP contribution >= 0.6 is 0 Å². The highest BCUT2D eigenvalue weighted by Gasteiger charge is 2.34. The average molecular weight is 356 g/mol. The van der Waals surface area contributed by atoms with Gasteiger partial charge in [-0.15, -0.1) is 0 Å². The summed E-state index contributed by atoms with van der Waals surface area (Å²) in [4.78, 5) is 8.50. The van der Waals surface area contributed by atoms with Gasteiger partial charge in [0.1, 0.15) is 0 Å². The Labute approximate surface area is 147 Å². The molecule has 25 heavy (non-hydrogen) atoms. The van der Waals surface area contributed by atoms with Crippen molar-refractivity contribution in [3.63, 3.8) is 0 Å². The number of fused-ring (bicyclic) bond motifs is 1. The van der Waals surface area contributed by atoms with E-state index in [2.05, 4.69) is 28.2 Å². The zero-order valence-electron chi connectivity index (χ0n) is 14.0. The molecular weight excluding hydrogens is 336 g/mol. The van der Waals surface area contributed by atoms with E-state index in [0.717, 1.165) is 23.7 Å². The second-order valence-electron chi connectivity index (χ2n) is 6.59. The zero-order chi connectivity index (χ0) is 17.4. The number of imidazole rings is 1. The molecule has 0 N–H and O–H groups in total. The van der Waals surface area contributed by atoms with Crippen LogP contribution in [0.2, 0.25) is 0 Å². The van der Waals surface area contributed by atoms with Gasteiger partial charge in [0, 0.05) is 37.9 Å². The van der Waals surface area contributed by atoms with Crippen LogP contribution in [0.25, 0.3) is 10.9 Å². The van der Waals surface area contributed by atoms with Crippen molar-refractivity contribution >= 4 is 20.9 Å². The van der Waals surface area contributed by atoms with Gasteiger partial charge in [0.05, 0.1) is 11.8 Å². The fourth-order valence-electron chi connectivity index (χ4n) is 3.48. The molecular formula is C18H20N4O2S. The third-order valence-electron chi connectivity index (χ3n) is 4.76. The molecule has 1 saturated heterocycles. The molecule has 4 rings (SSSR count). The number of aromatic nitrogens is 3. The van der Waals surface area contributed by atoms with Crippen LogP contribution in [0.1, 0.15) is 12.0 Å². The molecule has 1 unspecified atom stereocenters. The van der Waals surface area contributed by atoms with Crippen LogP contribution in [-0.2, 0) is 23.5 Å². The van der Waals surface area contributed by atoms with E-state index in [1.807, 2.05) is 12.1 Å². The quantitative estimate of drug-likeness (QED) is 0.719. The Morgan fingerprint density at radius 3 is 2.84 bits per heavy atom. The van der Waals surface area contributed by atoms with E-state index in [1.54, 1.807) is 28.3 Å². The molecule has 130 valence electrons. The maximum atomic E-state index is 12.7. The van der Waals surface area contributed by atoms with E-state index in [1.165, 1.54) is 11.9 Å². The van der Waals surface area contributed by atoms with Crippen LogP contribution in [0.5, 0.6) is 0 Å². The van der Waals surface area contributed by atoms with Crippen LogP contribution in [0.15, 0.2) is 54.1 Å². The van der Waals surface area contributed by atoms with Gasteiger partial charge in [0.15, 0.2) is 5.03 Å². The summed E-state index contributed by atoms with van der Waals surface area (Å²) in [6, 6.07) is 10.2. The summed E-state index contributed by atoms with van der Waals surface area (Å²) in [5, 5.41) is 1.25. The number of rotatable bonds is 4. The normalized spacial score (nSPS) is 18.8. The van der Waals surface area contributed by atoms with Gasteiger partial charge in [-0.3, -0.25) is 4.98 Å². The number of aryl methyl sites for hydroxylation is 1. The first-order valence-electron chi connectivity index (χ1n) is 8.35. The first-order chi connectivity index (χ1) is 12.0. The number of nitrogens with zero attached hydrogens (tertiary/aromatic N) is 4. The lowest BCUT2D eigenvalue weighted by Gasteiger charge is -2.15. The summed E-state index contributed by atoms with van der Waals surface area (Å²) in [5.41, 5.74) is 2.19. The lowest BCUT2D eigenvalue weighted by molar-refractivity contribution is 0.454. The van der Waals surface area contributed by atoms with Crippen molar-refractivity contribution in [3.8, 4) is 0 Å². The standard InChI is InChI=1S/C18H20N4O2S/c1-21-12-17(20-13-21)25(23,24)22-9-7-14(11-22)10-16-5-2-4-15-6-3-8-19-18(15)16/h2-6,8,12-14H,7,9-11H2,1H3. The first kappa shape index (κ1) is 16.2. The van der Waals surface area contributed by atoms with Gasteiger partial charge in [-0.2, -0.15) is 4.31 Å². The molecule has 1 aliphatic heterocycles.